The van der Waals surface area contributed by atoms with Crippen molar-refractivity contribution < 1.29 is 15.0 Å². The minimum absolute atomic E-state index is 0.0109. The van der Waals surface area contributed by atoms with Gasteiger partial charge in [-0.1, -0.05) is 30.7 Å². The normalized spacial score (nSPS) is 32.7. The van der Waals surface area contributed by atoms with Crippen LogP contribution in [-0.2, 0) is 4.79 Å². The summed E-state index contributed by atoms with van der Waals surface area (Å²) in [6.45, 7) is 4.09. The highest BCUT2D eigenvalue weighted by Gasteiger charge is 2.50. The highest BCUT2D eigenvalue weighted by atomic mass is 32.2. The van der Waals surface area contributed by atoms with Gasteiger partial charge in [0.2, 0.25) is 5.91 Å². The number of amides is 1. The number of benzene rings is 1. The molecule has 28 heavy (non-hydrogen) atoms. The van der Waals surface area contributed by atoms with Crippen molar-refractivity contribution in [2.75, 3.05) is 5.32 Å². The molecular formula is C21H29N3O3S. The predicted molar refractivity (Wildman–Crippen MR) is 113 cm³/mol. The van der Waals surface area contributed by atoms with E-state index in [2.05, 4.69) is 21.7 Å². The number of nitrogens with zero attached hydrogens (tertiary/aromatic N) is 1. The van der Waals surface area contributed by atoms with Crippen molar-refractivity contribution in [1.29, 1.82) is 0 Å². The number of carbonyl (C=O) groups is 1. The van der Waals surface area contributed by atoms with E-state index < -0.39 is 18.2 Å². The van der Waals surface area contributed by atoms with E-state index in [4.69, 9.17) is 0 Å². The first kappa shape index (κ1) is 19.7. The van der Waals surface area contributed by atoms with Gasteiger partial charge in [-0.3, -0.25) is 9.79 Å². The van der Waals surface area contributed by atoms with Crippen molar-refractivity contribution in [3.63, 3.8) is 0 Å². The second kappa shape index (κ2) is 8.05. The molecule has 1 aromatic rings. The molecule has 0 radical (unpaired) electrons. The Bertz CT molecular complexity index is 758. The molecule has 1 amide bonds. The van der Waals surface area contributed by atoms with Gasteiger partial charge in [-0.25, -0.2) is 0 Å². The van der Waals surface area contributed by atoms with Crippen molar-refractivity contribution in [2.45, 2.75) is 75.5 Å². The number of hydrogen-bond acceptors (Lipinski definition) is 6. The molecule has 0 saturated heterocycles. The van der Waals surface area contributed by atoms with Crippen LogP contribution in [0.25, 0.3) is 0 Å². The van der Waals surface area contributed by atoms with E-state index >= 15 is 0 Å². The van der Waals surface area contributed by atoms with Crippen LogP contribution < -0.4 is 10.6 Å². The summed E-state index contributed by atoms with van der Waals surface area (Å²) in [5.74, 6) is -0.362. The summed E-state index contributed by atoms with van der Waals surface area (Å²) in [7, 11) is 0. The Labute approximate surface area is 170 Å². The molecular weight excluding hydrogens is 374 g/mol. The van der Waals surface area contributed by atoms with Crippen LogP contribution >= 0.6 is 11.8 Å². The number of amidine groups is 1. The van der Waals surface area contributed by atoms with E-state index in [0.29, 0.717) is 5.17 Å². The molecule has 0 spiro atoms. The topological polar surface area (TPSA) is 94.0 Å². The largest absolute Gasteiger partial charge is 0.390 e. The number of aliphatic hydroxyl groups excluding tert-OH is 2. The number of nitrogens with one attached hydrogen (secondary N) is 2. The maximum atomic E-state index is 12.9. The molecule has 0 unspecified atom stereocenters. The average Bonchev–Trinajstić information content (AvgIpc) is 3.27. The minimum Gasteiger partial charge on any atom is -0.390 e. The number of carbonyl (C=O) groups excluding carboxylic acids is 1. The van der Waals surface area contributed by atoms with Gasteiger partial charge in [0.05, 0.1) is 18.1 Å². The van der Waals surface area contributed by atoms with Gasteiger partial charge in [0.25, 0.3) is 0 Å². The minimum atomic E-state index is -0.938. The van der Waals surface area contributed by atoms with Gasteiger partial charge >= 0.3 is 0 Å². The van der Waals surface area contributed by atoms with Gasteiger partial charge in [-0.05, 0) is 56.4 Å². The number of fused-ring (bicyclic) bond motifs is 1. The van der Waals surface area contributed by atoms with Gasteiger partial charge in [0.15, 0.2) is 5.17 Å². The zero-order valence-corrected chi connectivity index (χ0v) is 17.2. The lowest BCUT2D eigenvalue weighted by atomic mass is 9.81. The number of thioether (sulfide) groups is 1. The Morgan fingerprint density at radius 3 is 2.50 bits per heavy atom. The lowest BCUT2D eigenvalue weighted by Crippen LogP contribution is -2.54. The molecule has 6 nitrogen and oxygen atoms in total. The van der Waals surface area contributed by atoms with E-state index in [1.54, 1.807) is 0 Å². The molecule has 5 atom stereocenters. The number of aliphatic imine (C=N–C) groups is 1. The van der Waals surface area contributed by atoms with Crippen LogP contribution in [0, 0.1) is 19.8 Å². The lowest BCUT2D eigenvalue weighted by Gasteiger charge is -2.37. The molecule has 1 aromatic carbocycles. The first-order valence-electron chi connectivity index (χ1n) is 10.2. The fraction of sp³-hybridized carbons (Fsp3) is 0.619. The standard InChI is InChI=1S/C21H29N3O3S/c1-11-7-12(2)9-14(8-11)23-21-24-17-18(26)16(25)10-15(19(17)28-21)20(27)22-13-5-3-4-6-13/h7-9,13,15-19,25-26H,3-6,10H2,1-2H3,(H,22,27)(H,23,24)/t15-,16+,17-,18-,19+/m0/s1. The number of rotatable bonds is 3. The number of aliphatic hydroxyl groups is 2. The van der Waals surface area contributed by atoms with Crippen molar-refractivity contribution >= 4 is 28.5 Å². The highest BCUT2D eigenvalue weighted by molar-refractivity contribution is 8.15. The van der Waals surface area contributed by atoms with Crippen LogP contribution in [0.2, 0.25) is 0 Å². The highest BCUT2D eigenvalue weighted by Crippen LogP contribution is 2.41. The van der Waals surface area contributed by atoms with Gasteiger partial charge in [0.1, 0.15) is 6.10 Å². The summed E-state index contributed by atoms with van der Waals surface area (Å²) >= 11 is 1.51. The number of anilines is 1. The molecule has 4 rings (SSSR count). The third-order valence-corrected chi connectivity index (χ3v) is 7.31. The third kappa shape index (κ3) is 4.07. The lowest BCUT2D eigenvalue weighted by molar-refractivity contribution is -0.130. The second-order valence-corrected chi connectivity index (χ2v) is 9.57. The van der Waals surface area contributed by atoms with Crippen molar-refractivity contribution in [1.82, 2.24) is 5.32 Å². The Morgan fingerprint density at radius 2 is 1.82 bits per heavy atom. The molecule has 152 valence electrons. The summed E-state index contributed by atoms with van der Waals surface area (Å²) in [5, 5.41) is 27.8. The van der Waals surface area contributed by atoms with Crippen LogP contribution in [0.15, 0.2) is 23.2 Å². The van der Waals surface area contributed by atoms with Gasteiger partial charge in [0, 0.05) is 17.0 Å². The molecule has 7 heteroatoms. The first-order chi connectivity index (χ1) is 13.4. The first-order valence-corrected chi connectivity index (χ1v) is 11.0. The summed E-state index contributed by atoms with van der Waals surface area (Å²) in [6, 6.07) is 5.98. The molecule has 3 aliphatic rings. The third-order valence-electron chi connectivity index (χ3n) is 6.00. The molecule has 1 heterocycles. The zero-order chi connectivity index (χ0) is 19.8. The predicted octanol–water partition coefficient (Wildman–Crippen LogP) is 2.36. The summed E-state index contributed by atoms with van der Waals surface area (Å²) in [4.78, 5) is 17.6. The summed E-state index contributed by atoms with van der Waals surface area (Å²) in [6.07, 6.45) is 2.79. The average molecular weight is 404 g/mol. The quantitative estimate of drug-likeness (QED) is 0.622. The molecule has 2 aliphatic carbocycles. The SMILES string of the molecule is Cc1cc(C)cc(NC2=N[C@H]3[C@@H](O)[C@H](O)C[C@H](C(=O)NC4CCCC4)[C@H]3S2)c1. The van der Waals surface area contributed by atoms with Crippen LogP contribution in [-0.4, -0.2) is 50.8 Å². The van der Waals surface area contributed by atoms with Gasteiger partial charge in [-0.2, -0.15) is 0 Å². The van der Waals surface area contributed by atoms with Crippen LogP contribution in [0.5, 0.6) is 0 Å². The Morgan fingerprint density at radius 1 is 1.14 bits per heavy atom. The van der Waals surface area contributed by atoms with Gasteiger partial charge in [-0.15, -0.1) is 0 Å². The van der Waals surface area contributed by atoms with E-state index in [1.807, 2.05) is 26.0 Å². The molecule has 1 aliphatic heterocycles. The van der Waals surface area contributed by atoms with Crippen LogP contribution in [0.4, 0.5) is 5.69 Å². The monoisotopic (exact) mass is 403 g/mol. The van der Waals surface area contributed by atoms with E-state index in [1.165, 1.54) is 11.8 Å². The number of aryl methyl sites for hydroxylation is 2. The van der Waals surface area contributed by atoms with Crippen molar-refractivity contribution in [2.24, 2.45) is 10.9 Å². The van der Waals surface area contributed by atoms with Crippen LogP contribution in [0.3, 0.4) is 0 Å². The fourth-order valence-corrected chi connectivity index (χ4v) is 6.03. The van der Waals surface area contributed by atoms with E-state index in [0.717, 1.165) is 42.5 Å². The molecule has 2 fully saturated rings. The number of hydrogen-bond donors (Lipinski definition) is 4. The summed E-state index contributed by atoms with van der Waals surface area (Å²) < 4.78 is 0. The maximum absolute atomic E-state index is 12.9. The molecule has 2 saturated carbocycles. The molecule has 0 aromatic heterocycles. The smallest absolute Gasteiger partial charge is 0.224 e. The van der Waals surface area contributed by atoms with E-state index in [9.17, 15) is 15.0 Å². The van der Waals surface area contributed by atoms with Crippen molar-refractivity contribution in [3.8, 4) is 0 Å². The van der Waals surface area contributed by atoms with Gasteiger partial charge < -0.3 is 20.8 Å². The van der Waals surface area contributed by atoms with E-state index in [-0.39, 0.29) is 29.5 Å². The Hall–Kier alpha value is -1.57. The van der Waals surface area contributed by atoms with Crippen molar-refractivity contribution in [3.05, 3.63) is 29.3 Å². The Balaban J connectivity index is 1.49. The van der Waals surface area contributed by atoms with Crippen LogP contribution in [0.1, 0.15) is 43.2 Å². The maximum Gasteiger partial charge on any atom is 0.224 e. The fourth-order valence-electron chi connectivity index (χ4n) is 4.66. The summed E-state index contributed by atoms with van der Waals surface area (Å²) in [5.41, 5.74) is 3.27. The Kier molecular flexibility index (Phi) is 5.67. The zero-order valence-electron chi connectivity index (χ0n) is 16.4. The molecule has 4 N–H and O–H groups in total. The second-order valence-electron chi connectivity index (χ2n) is 8.40. The molecule has 0 bridgehead atoms.